The van der Waals surface area contributed by atoms with Gasteiger partial charge >= 0.3 is 0 Å². The number of hydrogen-bond acceptors (Lipinski definition) is 3. The van der Waals surface area contributed by atoms with Gasteiger partial charge in [0.25, 0.3) is 5.56 Å². The number of hydrogen-bond donors (Lipinski definition) is 2. The fraction of sp³-hybridized carbons (Fsp3) is 0.217. The van der Waals surface area contributed by atoms with Crippen LogP contribution in [-0.4, -0.2) is 15.6 Å². The summed E-state index contributed by atoms with van der Waals surface area (Å²) < 4.78 is 1.63. The van der Waals surface area contributed by atoms with Crippen molar-refractivity contribution >= 4 is 11.6 Å². The molecule has 0 atom stereocenters. The van der Waals surface area contributed by atoms with E-state index in [9.17, 15) is 14.7 Å². The molecule has 1 aliphatic carbocycles. The fourth-order valence-electron chi connectivity index (χ4n) is 3.81. The molecule has 0 saturated carbocycles. The molecule has 2 N–H and O–H groups in total. The SMILES string of the molecule is O=C(Cc1ccccc1)Nc1c(O)c2c(n(-c3ccccc3)c1=O)CCCC2. The first-order valence-electron chi connectivity index (χ1n) is 9.54. The number of nitrogens with zero attached hydrogens (tertiary/aromatic N) is 1. The lowest BCUT2D eigenvalue weighted by molar-refractivity contribution is -0.115. The molecule has 0 spiro atoms. The lowest BCUT2D eigenvalue weighted by Crippen LogP contribution is -2.30. The minimum atomic E-state index is -0.397. The number of para-hydroxylation sites is 1. The van der Waals surface area contributed by atoms with Gasteiger partial charge in [-0.05, 0) is 43.4 Å². The maximum absolute atomic E-state index is 13.2. The first-order valence-corrected chi connectivity index (χ1v) is 9.54. The first-order chi connectivity index (χ1) is 13.6. The number of fused-ring (bicyclic) bond motifs is 1. The molecule has 1 aliphatic rings. The van der Waals surface area contributed by atoms with Crippen LogP contribution in [-0.2, 0) is 24.1 Å². The number of carbonyl (C=O) groups is 1. The highest BCUT2D eigenvalue weighted by molar-refractivity contribution is 5.93. The third kappa shape index (κ3) is 3.43. The molecular formula is C23H22N2O3. The highest BCUT2D eigenvalue weighted by Gasteiger charge is 2.25. The number of pyridine rings is 1. The molecule has 1 aromatic heterocycles. The molecule has 4 rings (SSSR count). The van der Waals surface area contributed by atoms with Crippen LogP contribution < -0.4 is 10.9 Å². The molecule has 3 aromatic rings. The second-order valence-corrected chi connectivity index (χ2v) is 7.04. The van der Waals surface area contributed by atoms with Crippen molar-refractivity contribution in [3.8, 4) is 11.4 Å². The van der Waals surface area contributed by atoms with E-state index in [-0.39, 0.29) is 23.8 Å². The van der Waals surface area contributed by atoms with Gasteiger partial charge in [-0.1, -0.05) is 48.5 Å². The monoisotopic (exact) mass is 374 g/mol. The van der Waals surface area contributed by atoms with E-state index in [2.05, 4.69) is 5.32 Å². The van der Waals surface area contributed by atoms with Crippen LogP contribution in [0.15, 0.2) is 65.5 Å². The van der Waals surface area contributed by atoms with Crippen molar-refractivity contribution in [3.63, 3.8) is 0 Å². The van der Waals surface area contributed by atoms with Crippen LogP contribution in [0.3, 0.4) is 0 Å². The lowest BCUT2D eigenvalue weighted by Gasteiger charge is -2.24. The number of benzene rings is 2. The Labute approximate surface area is 163 Å². The molecule has 2 aromatic carbocycles. The van der Waals surface area contributed by atoms with Gasteiger partial charge in [0.2, 0.25) is 5.91 Å². The second-order valence-electron chi connectivity index (χ2n) is 7.04. The number of carbonyl (C=O) groups excluding carboxylic acids is 1. The standard InChI is InChI=1S/C23H22N2O3/c26-20(15-16-9-3-1-4-10-16)24-21-22(27)18-13-7-8-14-19(18)25(23(21)28)17-11-5-2-6-12-17/h1-6,9-12,27H,7-8,13-15H2,(H,24,26). The maximum Gasteiger partial charge on any atom is 0.282 e. The van der Waals surface area contributed by atoms with Crippen LogP contribution in [0.2, 0.25) is 0 Å². The number of nitrogens with one attached hydrogen (secondary N) is 1. The zero-order valence-electron chi connectivity index (χ0n) is 15.5. The summed E-state index contributed by atoms with van der Waals surface area (Å²) in [5.74, 6) is -0.415. The summed E-state index contributed by atoms with van der Waals surface area (Å²) in [6.07, 6.45) is 3.48. The van der Waals surface area contributed by atoms with Crippen LogP contribution >= 0.6 is 0 Å². The zero-order valence-corrected chi connectivity index (χ0v) is 15.5. The normalized spacial score (nSPS) is 13.0. The van der Waals surface area contributed by atoms with E-state index in [4.69, 9.17) is 0 Å². The molecule has 1 amide bonds. The Balaban J connectivity index is 1.77. The van der Waals surface area contributed by atoms with Gasteiger partial charge in [0.1, 0.15) is 5.75 Å². The molecule has 1 heterocycles. The van der Waals surface area contributed by atoms with Crippen LogP contribution in [0, 0.1) is 0 Å². The summed E-state index contributed by atoms with van der Waals surface area (Å²) in [7, 11) is 0. The number of aromatic nitrogens is 1. The van der Waals surface area contributed by atoms with E-state index in [0.29, 0.717) is 6.42 Å². The first kappa shape index (κ1) is 18.0. The topological polar surface area (TPSA) is 71.3 Å². The third-order valence-electron chi connectivity index (χ3n) is 5.13. The Kier molecular flexibility index (Phi) is 4.98. The van der Waals surface area contributed by atoms with Gasteiger partial charge in [0.05, 0.1) is 6.42 Å². The number of amides is 1. The molecule has 0 aliphatic heterocycles. The Morgan fingerprint density at radius 3 is 2.32 bits per heavy atom. The lowest BCUT2D eigenvalue weighted by atomic mass is 9.94. The molecular weight excluding hydrogens is 352 g/mol. The van der Waals surface area contributed by atoms with Crippen molar-refractivity contribution in [1.82, 2.24) is 4.57 Å². The average molecular weight is 374 g/mol. The van der Waals surface area contributed by atoms with Crippen molar-refractivity contribution in [2.24, 2.45) is 0 Å². The summed E-state index contributed by atoms with van der Waals surface area (Å²) in [6.45, 7) is 0. The average Bonchev–Trinajstić information content (AvgIpc) is 2.73. The molecule has 5 heteroatoms. The van der Waals surface area contributed by atoms with E-state index in [1.165, 1.54) is 0 Å². The van der Waals surface area contributed by atoms with E-state index in [1.807, 2.05) is 60.7 Å². The van der Waals surface area contributed by atoms with Gasteiger partial charge in [-0.3, -0.25) is 14.2 Å². The fourth-order valence-corrected chi connectivity index (χ4v) is 3.81. The largest absolute Gasteiger partial charge is 0.505 e. The molecule has 0 radical (unpaired) electrons. The third-order valence-corrected chi connectivity index (χ3v) is 5.13. The van der Waals surface area contributed by atoms with Crippen LogP contribution in [0.1, 0.15) is 29.7 Å². The second kappa shape index (κ2) is 7.72. The summed E-state index contributed by atoms with van der Waals surface area (Å²) in [5, 5.41) is 13.4. The van der Waals surface area contributed by atoms with Crippen molar-refractivity contribution in [3.05, 3.63) is 87.8 Å². The zero-order chi connectivity index (χ0) is 19.5. The van der Waals surface area contributed by atoms with E-state index in [0.717, 1.165) is 41.8 Å². The summed E-state index contributed by atoms with van der Waals surface area (Å²) in [6, 6.07) is 18.7. The van der Waals surface area contributed by atoms with E-state index in [1.54, 1.807) is 4.57 Å². The smallest absolute Gasteiger partial charge is 0.282 e. The van der Waals surface area contributed by atoms with Crippen LogP contribution in [0.25, 0.3) is 5.69 Å². The minimum Gasteiger partial charge on any atom is -0.505 e. The van der Waals surface area contributed by atoms with E-state index >= 15 is 0 Å². The van der Waals surface area contributed by atoms with Crippen molar-refractivity contribution in [2.45, 2.75) is 32.1 Å². The van der Waals surface area contributed by atoms with E-state index < -0.39 is 5.56 Å². The predicted molar refractivity (Wildman–Crippen MR) is 109 cm³/mol. The van der Waals surface area contributed by atoms with Crippen LogP contribution in [0.5, 0.6) is 5.75 Å². The highest BCUT2D eigenvalue weighted by atomic mass is 16.3. The predicted octanol–water partition coefficient (Wildman–Crippen LogP) is 3.60. The molecule has 142 valence electrons. The van der Waals surface area contributed by atoms with Crippen LogP contribution in [0.4, 0.5) is 5.69 Å². The maximum atomic E-state index is 13.2. The Hall–Kier alpha value is -3.34. The molecule has 28 heavy (non-hydrogen) atoms. The number of anilines is 1. The van der Waals surface area contributed by atoms with Gasteiger partial charge in [-0.25, -0.2) is 0 Å². The molecule has 0 saturated heterocycles. The highest BCUT2D eigenvalue weighted by Crippen LogP contribution is 2.34. The Morgan fingerprint density at radius 2 is 1.61 bits per heavy atom. The van der Waals surface area contributed by atoms with Crippen molar-refractivity contribution in [2.75, 3.05) is 5.32 Å². The molecule has 0 bridgehead atoms. The minimum absolute atomic E-state index is 0.0366. The summed E-state index contributed by atoms with van der Waals surface area (Å²) in [5.41, 5.74) is 2.74. The van der Waals surface area contributed by atoms with Gasteiger partial charge in [0.15, 0.2) is 5.69 Å². The summed E-state index contributed by atoms with van der Waals surface area (Å²) in [4.78, 5) is 25.8. The summed E-state index contributed by atoms with van der Waals surface area (Å²) >= 11 is 0. The van der Waals surface area contributed by atoms with Gasteiger partial charge in [0, 0.05) is 16.9 Å². The Bertz CT molecular complexity index is 1060. The van der Waals surface area contributed by atoms with Gasteiger partial charge in [-0.15, -0.1) is 0 Å². The van der Waals surface area contributed by atoms with Gasteiger partial charge < -0.3 is 10.4 Å². The van der Waals surface area contributed by atoms with Crippen molar-refractivity contribution < 1.29 is 9.90 Å². The molecule has 5 nitrogen and oxygen atoms in total. The molecule has 0 unspecified atom stereocenters. The molecule has 0 fully saturated rings. The number of rotatable bonds is 4. The van der Waals surface area contributed by atoms with Crippen molar-refractivity contribution in [1.29, 1.82) is 0 Å². The Morgan fingerprint density at radius 1 is 0.964 bits per heavy atom. The number of aromatic hydroxyl groups is 1. The van der Waals surface area contributed by atoms with Gasteiger partial charge in [-0.2, -0.15) is 0 Å². The quantitative estimate of drug-likeness (QED) is 0.733.